The summed E-state index contributed by atoms with van der Waals surface area (Å²) in [5, 5.41) is 52.8. The van der Waals surface area contributed by atoms with Crippen LogP contribution < -0.4 is 47.2 Å². The van der Waals surface area contributed by atoms with Gasteiger partial charge in [0.25, 0.3) is 5.91 Å². The van der Waals surface area contributed by atoms with Gasteiger partial charge in [0.1, 0.15) is 23.4 Å². The second-order valence-electron chi connectivity index (χ2n) is 23.1. The number of H-pyrrole nitrogens is 1. The number of aromatic amines is 1. The number of nitrogens with zero attached hydrogens (tertiary/aromatic N) is 6. The zero-order valence-electron chi connectivity index (χ0n) is 54.8. The summed E-state index contributed by atoms with van der Waals surface area (Å²) in [5.74, 6) is -5.75. The van der Waals surface area contributed by atoms with Gasteiger partial charge in [0.2, 0.25) is 33.2 Å². The van der Waals surface area contributed by atoms with Crippen molar-refractivity contribution in [3.63, 3.8) is 0 Å². The molecule has 0 aliphatic carbocycles. The molecule has 0 spiro atoms. The van der Waals surface area contributed by atoms with Crippen LogP contribution in [0, 0.1) is 13.8 Å². The highest BCUT2D eigenvalue weighted by atomic mass is 32.2. The molecule has 5 rings (SSSR count). The molecule has 4 aromatic rings. The number of anilines is 1. The second-order valence-corrected chi connectivity index (χ2v) is 24.7. The summed E-state index contributed by atoms with van der Waals surface area (Å²) in [6.45, 7) is 6.81. The van der Waals surface area contributed by atoms with Gasteiger partial charge in [0.05, 0.1) is 69.6 Å². The molecule has 2 atom stereocenters. The number of aliphatic carboxylic acids is 4. The Morgan fingerprint density at radius 1 is 0.667 bits per heavy atom. The molecule has 2 aromatic heterocycles. The third kappa shape index (κ3) is 28.6. The molecule has 0 unspecified atom stereocenters. The number of amides is 4. The van der Waals surface area contributed by atoms with Crippen molar-refractivity contribution in [1.29, 1.82) is 0 Å². The summed E-state index contributed by atoms with van der Waals surface area (Å²) in [7, 11) is -2.82. The molecule has 0 saturated carbocycles. The number of benzene rings is 2. The monoisotopic (exact) mass is 1370 g/mol. The van der Waals surface area contributed by atoms with Crippen molar-refractivity contribution in [2.24, 2.45) is 12.8 Å². The number of hydrogen-bond acceptors (Lipinski definition) is 22. The van der Waals surface area contributed by atoms with Gasteiger partial charge < -0.3 is 81.2 Å². The molecule has 1 aliphatic heterocycles. The Kier molecular flexibility index (Phi) is 34.1. The van der Waals surface area contributed by atoms with E-state index in [2.05, 4.69) is 41.3 Å². The topological polar surface area (TPSA) is 450 Å². The molecule has 1 saturated heterocycles. The van der Waals surface area contributed by atoms with Crippen LogP contribution in [-0.2, 0) is 71.4 Å². The number of ether oxygens (including phenoxy) is 4. The molecule has 1 aliphatic rings. The molecular weight excluding hydrogens is 1280 g/mol. The van der Waals surface area contributed by atoms with Gasteiger partial charge in [-0.1, -0.05) is 6.07 Å². The standard InChI is InChI=1S/C62H94N14O19S/c1-43-33-46(34-44(2)58(43)96(90,91)71-50(61(88)89)37-68-59(86)48-38-72(3)51-35-45(11-12-47(51)57(48)85)36-69-62-66-16-17-67-62)95-28-6-10-52(77)64-14-7-26-92-29-31-94-32-30-93-27-8-15-65-60(87)49(9-4-5-13-63)70-53(78)39-73-18-20-74(40-54(79)80)22-24-76(42-56(83)84)25-23-75(21-19-73)41-55(81)82/h11-12,16-17,33-35,38,49-50,71H,4-10,13-15,18-32,36-37,39-42,63H2,1-3H3,(H,64,77)(H,65,87)(H,68,86)(H,70,78)(H,79,80)(H,81,82)(H,83,84)(H,88,89)(H2,66,67,69)/t49-,50+/m1/s1. The van der Waals surface area contributed by atoms with Crippen LogP contribution in [0.15, 0.2) is 58.6 Å². The molecule has 0 radical (unpaired) electrons. The minimum Gasteiger partial charge on any atom is -0.494 e. The highest BCUT2D eigenvalue weighted by molar-refractivity contribution is 7.89. The van der Waals surface area contributed by atoms with Crippen molar-refractivity contribution < 1.29 is 86.1 Å². The Hall–Kier alpha value is -8.19. The van der Waals surface area contributed by atoms with E-state index in [1.807, 2.05) is 0 Å². The van der Waals surface area contributed by atoms with Crippen LogP contribution in [0.3, 0.4) is 0 Å². The Bertz CT molecular complexity index is 3300. The predicted octanol–water partition coefficient (Wildman–Crippen LogP) is -1.04. The van der Waals surface area contributed by atoms with E-state index in [1.54, 1.807) is 61.8 Å². The number of carbonyl (C=O) groups is 8. The van der Waals surface area contributed by atoms with Crippen LogP contribution in [0.1, 0.15) is 72.0 Å². The Balaban J connectivity index is 0.912. The minimum atomic E-state index is -4.47. The average molecular weight is 1370 g/mol. The van der Waals surface area contributed by atoms with Crippen molar-refractivity contribution >= 4 is 74.4 Å². The zero-order valence-corrected chi connectivity index (χ0v) is 55.6. The van der Waals surface area contributed by atoms with Gasteiger partial charge in [-0.05, 0) is 99.9 Å². The Labute approximate surface area is 557 Å². The third-order valence-electron chi connectivity index (χ3n) is 15.3. The normalized spacial score (nSPS) is 14.6. The van der Waals surface area contributed by atoms with Gasteiger partial charge in [-0.15, -0.1) is 0 Å². The second kappa shape index (κ2) is 41.7. The molecular formula is C62H94N14O19S. The number of unbranched alkanes of at least 4 members (excludes halogenated alkanes) is 1. The fourth-order valence-corrected chi connectivity index (χ4v) is 12.1. The summed E-state index contributed by atoms with van der Waals surface area (Å²) in [6, 6.07) is 5.42. The maximum absolute atomic E-state index is 13.7. The smallest absolute Gasteiger partial charge is 0.323 e. The molecule has 96 heavy (non-hydrogen) atoms. The first-order valence-corrected chi connectivity index (χ1v) is 33.4. The molecule has 532 valence electrons. The van der Waals surface area contributed by atoms with Gasteiger partial charge in [-0.25, -0.2) is 13.4 Å². The highest BCUT2D eigenvalue weighted by Crippen LogP contribution is 2.26. The van der Waals surface area contributed by atoms with Crippen molar-refractivity contribution in [3.8, 4) is 5.75 Å². The van der Waals surface area contributed by atoms with E-state index in [-0.39, 0.29) is 137 Å². The number of aromatic nitrogens is 3. The van der Waals surface area contributed by atoms with E-state index >= 15 is 0 Å². The van der Waals surface area contributed by atoms with Gasteiger partial charge in [-0.2, -0.15) is 4.72 Å². The van der Waals surface area contributed by atoms with Crippen molar-refractivity contribution in [1.82, 2.24) is 60.1 Å². The molecule has 3 heterocycles. The largest absolute Gasteiger partial charge is 0.494 e. The summed E-state index contributed by atoms with van der Waals surface area (Å²) in [5.41, 5.74) is 6.76. The number of nitrogens with one attached hydrogen (secondary N) is 7. The van der Waals surface area contributed by atoms with E-state index in [4.69, 9.17) is 24.7 Å². The average Bonchev–Trinajstić information content (AvgIpc) is 0.809. The summed E-state index contributed by atoms with van der Waals surface area (Å²) < 4.78 is 53.7. The predicted molar refractivity (Wildman–Crippen MR) is 351 cm³/mol. The van der Waals surface area contributed by atoms with E-state index in [9.17, 15) is 72.0 Å². The lowest BCUT2D eigenvalue weighted by molar-refractivity contribution is -0.140. The zero-order chi connectivity index (χ0) is 70.0. The highest BCUT2D eigenvalue weighted by Gasteiger charge is 2.30. The Morgan fingerprint density at radius 3 is 1.75 bits per heavy atom. The van der Waals surface area contributed by atoms with Gasteiger partial charge in [0, 0.05) is 129 Å². The fraction of sp³-hybridized carbons (Fsp3) is 0.581. The number of imidazole rings is 1. The molecule has 1 fully saturated rings. The number of rotatable bonds is 43. The fourth-order valence-electron chi connectivity index (χ4n) is 10.4. The van der Waals surface area contributed by atoms with E-state index < -0.39 is 69.8 Å². The van der Waals surface area contributed by atoms with E-state index in [1.165, 1.54) is 32.2 Å². The number of carbonyl (C=O) groups excluding carboxylic acids is 4. The number of fused-ring (bicyclic) bond motifs is 1. The lowest BCUT2D eigenvalue weighted by atomic mass is 10.1. The van der Waals surface area contributed by atoms with Crippen LogP contribution in [-0.4, -0.2) is 274 Å². The van der Waals surface area contributed by atoms with E-state index in [0.717, 1.165) is 5.56 Å². The van der Waals surface area contributed by atoms with Crippen molar-refractivity contribution in [2.45, 2.75) is 82.3 Å². The SMILES string of the molecule is Cc1cc(OCCCC(=O)NCCCOCCOCCOCCCNC(=O)[C@@H](CCCCN)NC(=O)CN2CCN(CC(=O)O)CCN(CC(=O)O)CCN(CC(=O)O)CC2)cc(C)c1S(=O)(=O)N[C@@H](CNC(=O)c1cn(C)c2cc(CNc3ncc[nH]3)ccc2c1=O)C(=O)O. The Morgan fingerprint density at radius 2 is 1.22 bits per heavy atom. The first-order chi connectivity index (χ1) is 45.9. The van der Waals surface area contributed by atoms with Crippen LogP contribution in [0.5, 0.6) is 5.75 Å². The summed E-state index contributed by atoms with van der Waals surface area (Å²) in [4.78, 5) is 127. The molecule has 4 amide bonds. The number of aryl methyl sites for hydroxylation is 3. The number of sulfonamides is 1. The maximum Gasteiger partial charge on any atom is 0.323 e. The first-order valence-electron chi connectivity index (χ1n) is 31.9. The van der Waals surface area contributed by atoms with Gasteiger partial charge in [0.15, 0.2) is 5.95 Å². The molecule has 13 N–H and O–H groups in total. The molecule has 2 aromatic carbocycles. The molecule has 0 bridgehead atoms. The van der Waals surface area contributed by atoms with Gasteiger partial charge in [-0.3, -0.25) is 62.8 Å². The molecule has 34 heteroatoms. The van der Waals surface area contributed by atoms with E-state index in [0.29, 0.717) is 115 Å². The summed E-state index contributed by atoms with van der Waals surface area (Å²) in [6.07, 6.45) is 7.72. The number of carboxylic acids is 4. The van der Waals surface area contributed by atoms with Crippen LogP contribution in [0.2, 0.25) is 0 Å². The maximum atomic E-state index is 13.7. The number of nitrogens with two attached hydrogens (primary N) is 1. The quantitative estimate of drug-likeness (QED) is 0.0236. The number of pyridine rings is 1. The molecule has 33 nitrogen and oxygen atoms in total. The minimum absolute atomic E-state index is 0.142. The number of carboxylic acid groups (broad SMARTS) is 4. The van der Waals surface area contributed by atoms with Gasteiger partial charge >= 0.3 is 23.9 Å². The van der Waals surface area contributed by atoms with Crippen LogP contribution in [0.4, 0.5) is 5.95 Å². The summed E-state index contributed by atoms with van der Waals surface area (Å²) >= 11 is 0. The lowest BCUT2D eigenvalue weighted by Gasteiger charge is -2.33. The first kappa shape index (κ1) is 78.5. The van der Waals surface area contributed by atoms with Crippen molar-refractivity contribution in [2.75, 3.05) is 156 Å². The van der Waals surface area contributed by atoms with Crippen LogP contribution >= 0.6 is 0 Å². The van der Waals surface area contributed by atoms with Crippen LogP contribution in [0.25, 0.3) is 10.9 Å². The third-order valence-corrected chi connectivity index (χ3v) is 17.1. The number of hydrogen-bond donors (Lipinski definition) is 12. The van der Waals surface area contributed by atoms with Crippen molar-refractivity contribution in [3.05, 3.63) is 81.4 Å². The lowest BCUT2D eigenvalue weighted by Crippen LogP contribution is -2.52.